The predicted octanol–water partition coefficient (Wildman–Crippen LogP) is 3.80. The van der Waals surface area contributed by atoms with Crippen LogP contribution in [-0.4, -0.2) is 7.11 Å². The summed E-state index contributed by atoms with van der Waals surface area (Å²) in [6, 6.07) is 3.43. The second-order valence-electron chi connectivity index (χ2n) is 3.40. The number of halogens is 2. The van der Waals surface area contributed by atoms with Crippen molar-refractivity contribution < 1.29 is 4.74 Å². The van der Waals surface area contributed by atoms with E-state index >= 15 is 0 Å². The fraction of sp³-hybridized carbons (Fsp3) is 0.455. The van der Waals surface area contributed by atoms with Gasteiger partial charge < -0.3 is 10.5 Å². The monoisotopic (exact) mass is 247 g/mol. The quantitative estimate of drug-likeness (QED) is 0.879. The number of benzene rings is 1. The molecule has 0 radical (unpaired) electrons. The highest BCUT2D eigenvalue weighted by molar-refractivity contribution is 6.42. The van der Waals surface area contributed by atoms with Crippen LogP contribution in [0.1, 0.15) is 31.4 Å². The topological polar surface area (TPSA) is 35.2 Å². The zero-order chi connectivity index (χ0) is 11.4. The van der Waals surface area contributed by atoms with E-state index in [4.69, 9.17) is 33.7 Å². The molecule has 0 amide bonds. The minimum atomic E-state index is -0.0558. The highest BCUT2D eigenvalue weighted by Crippen LogP contribution is 2.34. The van der Waals surface area contributed by atoms with Gasteiger partial charge in [-0.1, -0.05) is 36.5 Å². The largest absolute Gasteiger partial charge is 0.496 e. The smallest absolute Gasteiger partial charge is 0.125 e. The summed E-state index contributed by atoms with van der Waals surface area (Å²) in [5.74, 6) is 0.699. The summed E-state index contributed by atoms with van der Waals surface area (Å²) in [5.41, 5.74) is 6.93. The van der Waals surface area contributed by atoms with Gasteiger partial charge in [-0.05, 0) is 12.5 Å². The third kappa shape index (κ3) is 3.00. The van der Waals surface area contributed by atoms with Crippen molar-refractivity contribution in [2.75, 3.05) is 7.11 Å². The van der Waals surface area contributed by atoms with E-state index in [0.29, 0.717) is 15.8 Å². The lowest BCUT2D eigenvalue weighted by molar-refractivity contribution is 0.404. The van der Waals surface area contributed by atoms with Crippen LogP contribution in [-0.2, 0) is 0 Å². The Morgan fingerprint density at radius 1 is 1.33 bits per heavy atom. The molecule has 4 heteroatoms. The fourth-order valence-electron chi connectivity index (χ4n) is 1.48. The van der Waals surface area contributed by atoms with Crippen LogP contribution in [0.15, 0.2) is 12.1 Å². The van der Waals surface area contributed by atoms with Crippen LogP contribution in [0.25, 0.3) is 0 Å². The van der Waals surface area contributed by atoms with E-state index in [0.717, 1.165) is 18.4 Å². The molecule has 84 valence electrons. The SMILES string of the molecule is CCCC(N)c1cc(Cl)c(Cl)cc1OC. The summed E-state index contributed by atoms with van der Waals surface area (Å²) < 4.78 is 5.23. The molecular weight excluding hydrogens is 233 g/mol. The highest BCUT2D eigenvalue weighted by atomic mass is 35.5. The van der Waals surface area contributed by atoms with E-state index < -0.39 is 0 Å². The highest BCUT2D eigenvalue weighted by Gasteiger charge is 2.13. The average molecular weight is 248 g/mol. The number of nitrogens with two attached hydrogens (primary N) is 1. The molecule has 0 aliphatic rings. The first-order valence-electron chi connectivity index (χ1n) is 4.88. The van der Waals surface area contributed by atoms with Crippen LogP contribution in [0.4, 0.5) is 0 Å². The van der Waals surface area contributed by atoms with Crippen LogP contribution in [0.2, 0.25) is 10.0 Å². The van der Waals surface area contributed by atoms with Crippen molar-refractivity contribution in [3.63, 3.8) is 0 Å². The third-order valence-electron chi connectivity index (χ3n) is 2.27. The lowest BCUT2D eigenvalue weighted by Crippen LogP contribution is -2.11. The van der Waals surface area contributed by atoms with Gasteiger partial charge >= 0.3 is 0 Å². The Bertz CT molecular complexity index is 342. The first-order chi connectivity index (χ1) is 7.10. The lowest BCUT2D eigenvalue weighted by atomic mass is 10.0. The van der Waals surface area contributed by atoms with Gasteiger partial charge in [-0.2, -0.15) is 0 Å². The van der Waals surface area contributed by atoms with E-state index in [1.165, 1.54) is 0 Å². The number of hydrogen-bond donors (Lipinski definition) is 1. The summed E-state index contributed by atoms with van der Waals surface area (Å²) >= 11 is 11.8. The van der Waals surface area contributed by atoms with Crippen molar-refractivity contribution in [3.05, 3.63) is 27.7 Å². The molecule has 0 spiro atoms. The van der Waals surface area contributed by atoms with Crippen molar-refractivity contribution in [2.45, 2.75) is 25.8 Å². The molecule has 0 aliphatic heterocycles. The van der Waals surface area contributed by atoms with E-state index in [-0.39, 0.29) is 6.04 Å². The molecule has 0 bridgehead atoms. The number of methoxy groups -OCH3 is 1. The van der Waals surface area contributed by atoms with E-state index in [1.54, 1.807) is 19.2 Å². The molecule has 1 rings (SSSR count). The minimum absolute atomic E-state index is 0.0558. The lowest BCUT2D eigenvalue weighted by Gasteiger charge is -2.15. The molecule has 0 aliphatic carbocycles. The molecule has 0 fully saturated rings. The molecular formula is C11H15Cl2NO. The van der Waals surface area contributed by atoms with Gasteiger partial charge in [0.25, 0.3) is 0 Å². The zero-order valence-electron chi connectivity index (χ0n) is 8.89. The summed E-state index contributed by atoms with van der Waals surface area (Å²) in [6.45, 7) is 2.09. The summed E-state index contributed by atoms with van der Waals surface area (Å²) in [4.78, 5) is 0. The second kappa shape index (κ2) is 5.59. The first-order valence-corrected chi connectivity index (χ1v) is 5.64. The fourth-order valence-corrected chi connectivity index (χ4v) is 1.80. The zero-order valence-corrected chi connectivity index (χ0v) is 10.4. The third-order valence-corrected chi connectivity index (χ3v) is 2.99. The maximum Gasteiger partial charge on any atom is 0.125 e. The predicted molar refractivity (Wildman–Crippen MR) is 64.9 cm³/mol. The number of rotatable bonds is 4. The first kappa shape index (κ1) is 12.6. The summed E-state index contributed by atoms with van der Waals surface area (Å²) in [7, 11) is 1.60. The maximum absolute atomic E-state index is 6.02. The minimum Gasteiger partial charge on any atom is -0.496 e. The molecule has 0 aromatic heterocycles. The maximum atomic E-state index is 6.02. The molecule has 0 heterocycles. The molecule has 1 atom stereocenters. The van der Waals surface area contributed by atoms with Gasteiger partial charge in [-0.3, -0.25) is 0 Å². The van der Waals surface area contributed by atoms with Gasteiger partial charge in [0.1, 0.15) is 5.75 Å². The van der Waals surface area contributed by atoms with Crippen LogP contribution in [0, 0.1) is 0 Å². The van der Waals surface area contributed by atoms with Gasteiger partial charge in [-0.15, -0.1) is 0 Å². The van der Waals surface area contributed by atoms with Crippen molar-refractivity contribution >= 4 is 23.2 Å². The van der Waals surface area contributed by atoms with Gasteiger partial charge in [0.05, 0.1) is 17.2 Å². The van der Waals surface area contributed by atoms with Crippen molar-refractivity contribution in [2.24, 2.45) is 5.73 Å². The molecule has 15 heavy (non-hydrogen) atoms. The molecule has 0 saturated heterocycles. The molecule has 2 N–H and O–H groups in total. The van der Waals surface area contributed by atoms with Crippen molar-refractivity contribution in [1.29, 1.82) is 0 Å². The number of hydrogen-bond acceptors (Lipinski definition) is 2. The molecule has 2 nitrogen and oxygen atoms in total. The van der Waals surface area contributed by atoms with E-state index in [2.05, 4.69) is 6.92 Å². The molecule has 1 unspecified atom stereocenters. The van der Waals surface area contributed by atoms with Gasteiger partial charge in [0, 0.05) is 17.7 Å². The van der Waals surface area contributed by atoms with Crippen LogP contribution in [0.3, 0.4) is 0 Å². The van der Waals surface area contributed by atoms with Crippen molar-refractivity contribution in [1.82, 2.24) is 0 Å². The van der Waals surface area contributed by atoms with Crippen LogP contribution >= 0.6 is 23.2 Å². The molecule has 1 aromatic rings. The van der Waals surface area contributed by atoms with Crippen LogP contribution in [0.5, 0.6) is 5.75 Å². The Morgan fingerprint density at radius 3 is 2.47 bits per heavy atom. The normalized spacial score (nSPS) is 12.6. The summed E-state index contributed by atoms with van der Waals surface area (Å²) in [5, 5.41) is 1.000. The standard InChI is InChI=1S/C11H15Cl2NO/c1-3-4-10(14)7-5-8(12)9(13)6-11(7)15-2/h5-6,10H,3-4,14H2,1-2H3. The van der Waals surface area contributed by atoms with Gasteiger partial charge in [0.15, 0.2) is 0 Å². The summed E-state index contributed by atoms with van der Waals surface area (Å²) in [6.07, 6.45) is 1.92. The van der Waals surface area contributed by atoms with Gasteiger partial charge in [0.2, 0.25) is 0 Å². The Labute approximate surface area is 100 Å². The Kier molecular flexibility index (Phi) is 4.71. The van der Waals surface area contributed by atoms with Crippen LogP contribution < -0.4 is 10.5 Å². The Balaban J connectivity index is 3.09. The average Bonchev–Trinajstić information content (AvgIpc) is 2.21. The molecule has 1 aromatic carbocycles. The second-order valence-corrected chi connectivity index (χ2v) is 4.22. The molecule has 0 saturated carbocycles. The van der Waals surface area contributed by atoms with Gasteiger partial charge in [-0.25, -0.2) is 0 Å². The Morgan fingerprint density at radius 2 is 1.93 bits per heavy atom. The van der Waals surface area contributed by atoms with Crippen molar-refractivity contribution in [3.8, 4) is 5.75 Å². The van der Waals surface area contributed by atoms with E-state index in [9.17, 15) is 0 Å². The van der Waals surface area contributed by atoms with E-state index in [1.807, 2.05) is 0 Å². The number of ether oxygens (including phenoxy) is 1. The Hall–Kier alpha value is -0.440.